The molecule has 1 unspecified atom stereocenters. The van der Waals surface area contributed by atoms with Crippen molar-refractivity contribution in [1.82, 2.24) is 10.3 Å². The fourth-order valence-corrected chi connectivity index (χ4v) is 4.09. The van der Waals surface area contributed by atoms with Crippen LogP contribution in [0.1, 0.15) is 12.8 Å². The molecule has 6 nitrogen and oxygen atoms in total. The number of aromatic nitrogens is 1. The van der Waals surface area contributed by atoms with Gasteiger partial charge in [0.05, 0.1) is 20.1 Å². The van der Waals surface area contributed by atoms with Gasteiger partial charge in [0, 0.05) is 20.1 Å². The Morgan fingerprint density at radius 3 is 2.78 bits per heavy atom. The second kappa shape index (κ2) is 6.62. The zero-order valence-corrected chi connectivity index (χ0v) is 14.4. The number of nitrogens with one attached hydrogen (secondary N) is 1. The van der Waals surface area contributed by atoms with Gasteiger partial charge < -0.3 is 19.7 Å². The molecule has 7 heteroatoms. The van der Waals surface area contributed by atoms with Crippen LogP contribution in [0.15, 0.2) is 12.1 Å². The van der Waals surface area contributed by atoms with Gasteiger partial charge in [0.15, 0.2) is 5.13 Å². The molecule has 1 amide bonds. The van der Waals surface area contributed by atoms with Crippen molar-refractivity contribution in [3.8, 4) is 11.5 Å². The van der Waals surface area contributed by atoms with E-state index in [0.717, 1.165) is 46.2 Å². The third-order valence-corrected chi connectivity index (χ3v) is 5.34. The number of anilines is 1. The average molecular weight is 335 g/mol. The quantitative estimate of drug-likeness (QED) is 0.929. The highest BCUT2D eigenvalue weighted by Crippen LogP contribution is 2.40. The number of methoxy groups -OCH3 is 2. The van der Waals surface area contributed by atoms with Crippen LogP contribution in [0.25, 0.3) is 10.2 Å². The fraction of sp³-hybridized carbons (Fsp3) is 0.500. The topological polar surface area (TPSA) is 63.7 Å². The minimum atomic E-state index is 0.0181. The number of hydrogen-bond donors (Lipinski definition) is 1. The van der Waals surface area contributed by atoms with E-state index in [1.54, 1.807) is 32.6 Å². The normalized spacial score (nSPS) is 18.0. The highest BCUT2D eigenvalue weighted by atomic mass is 32.1. The van der Waals surface area contributed by atoms with Gasteiger partial charge in [0.1, 0.15) is 21.7 Å². The van der Waals surface area contributed by atoms with Crippen molar-refractivity contribution in [1.29, 1.82) is 0 Å². The number of nitrogens with zero attached hydrogens (tertiary/aromatic N) is 2. The van der Waals surface area contributed by atoms with Crippen LogP contribution in [0.4, 0.5) is 5.13 Å². The van der Waals surface area contributed by atoms with Crippen molar-refractivity contribution >= 4 is 32.6 Å². The number of thiazole rings is 1. The number of amides is 1. The van der Waals surface area contributed by atoms with E-state index in [0.29, 0.717) is 6.54 Å². The first kappa shape index (κ1) is 15.9. The molecule has 1 aliphatic rings. The summed E-state index contributed by atoms with van der Waals surface area (Å²) in [5.41, 5.74) is 0.814. The summed E-state index contributed by atoms with van der Waals surface area (Å²) in [6.45, 7) is 1.61. The largest absolute Gasteiger partial charge is 0.495 e. The second-order valence-electron chi connectivity index (χ2n) is 5.54. The number of rotatable bonds is 4. The van der Waals surface area contributed by atoms with Gasteiger partial charge in [-0.2, -0.15) is 0 Å². The molecule has 2 heterocycles. The predicted molar refractivity (Wildman–Crippen MR) is 91.7 cm³/mol. The lowest BCUT2D eigenvalue weighted by molar-refractivity contribution is -0.124. The van der Waals surface area contributed by atoms with E-state index in [1.807, 2.05) is 12.1 Å². The molecule has 1 fully saturated rings. The van der Waals surface area contributed by atoms with E-state index < -0.39 is 0 Å². The molecule has 3 rings (SSSR count). The van der Waals surface area contributed by atoms with Gasteiger partial charge >= 0.3 is 0 Å². The summed E-state index contributed by atoms with van der Waals surface area (Å²) < 4.78 is 11.8. The third kappa shape index (κ3) is 2.93. The van der Waals surface area contributed by atoms with Crippen LogP contribution >= 0.6 is 11.3 Å². The first-order valence-corrected chi connectivity index (χ1v) is 8.47. The summed E-state index contributed by atoms with van der Waals surface area (Å²) >= 11 is 1.58. The maximum absolute atomic E-state index is 11.9. The molecule has 1 aromatic carbocycles. The number of fused-ring (bicyclic) bond motifs is 1. The molecule has 0 spiro atoms. The van der Waals surface area contributed by atoms with Crippen molar-refractivity contribution in [3.05, 3.63) is 12.1 Å². The van der Waals surface area contributed by atoms with Crippen molar-refractivity contribution in [2.24, 2.45) is 5.92 Å². The van der Waals surface area contributed by atoms with Gasteiger partial charge in [-0.25, -0.2) is 4.98 Å². The standard InChI is InChI=1S/C16H21N3O3S/c1-17-15(20)10-5-4-8-19(9-10)16-18-13-11(21-2)6-7-12(22-3)14(13)23-16/h6-7,10H,4-5,8-9H2,1-3H3,(H,17,20). The van der Waals surface area contributed by atoms with Gasteiger partial charge in [0.25, 0.3) is 0 Å². The van der Waals surface area contributed by atoms with E-state index in [4.69, 9.17) is 14.5 Å². The number of ether oxygens (including phenoxy) is 2. The van der Waals surface area contributed by atoms with Gasteiger partial charge in [-0.3, -0.25) is 4.79 Å². The highest BCUT2D eigenvalue weighted by Gasteiger charge is 2.27. The van der Waals surface area contributed by atoms with Gasteiger partial charge in [0.2, 0.25) is 5.91 Å². The van der Waals surface area contributed by atoms with Crippen LogP contribution < -0.4 is 19.7 Å². The summed E-state index contributed by atoms with van der Waals surface area (Å²) in [6, 6.07) is 3.76. The van der Waals surface area contributed by atoms with Crippen molar-refractivity contribution in [2.45, 2.75) is 12.8 Å². The van der Waals surface area contributed by atoms with Gasteiger partial charge in [-0.05, 0) is 25.0 Å². The molecule has 23 heavy (non-hydrogen) atoms. The van der Waals surface area contributed by atoms with E-state index in [-0.39, 0.29) is 11.8 Å². The van der Waals surface area contributed by atoms with Gasteiger partial charge in [-0.15, -0.1) is 0 Å². The van der Waals surface area contributed by atoms with E-state index in [2.05, 4.69) is 10.2 Å². The van der Waals surface area contributed by atoms with Crippen LogP contribution in [-0.2, 0) is 4.79 Å². The van der Waals surface area contributed by atoms with Crippen LogP contribution in [-0.4, -0.2) is 45.2 Å². The van der Waals surface area contributed by atoms with Gasteiger partial charge in [-0.1, -0.05) is 11.3 Å². The molecule has 1 N–H and O–H groups in total. The Morgan fingerprint density at radius 1 is 1.35 bits per heavy atom. The molecule has 1 aliphatic heterocycles. The van der Waals surface area contributed by atoms with Crippen molar-refractivity contribution in [3.63, 3.8) is 0 Å². The molecule has 1 atom stereocenters. The first-order chi connectivity index (χ1) is 11.2. The lowest BCUT2D eigenvalue weighted by atomic mass is 9.98. The molecule has 0 bridgehead atoms. The minimum Gasteiger partial charge on any atom is -0.495 e. The molecule has 124 valence electrons. The maximum atomic E-state index is 11.9. The first-order valence-electron chi connectivity index (χ1n) is 7.66. The maximum Gasteiger partial charge on any atom is 0.224 e. The summed E-state index contributed by atoms with van der Waals surface area (Å²) in [5.74, 6) is 1.66. The van der Waals surface area contributed by atoms with Crippen molar-refractivity contribution < 1.29 is 14.3 Å². The lowest BCUT2D eigenvalue weighted by Gasteiger charge is -2.31. The zero-order valence-electron chi connectivity index (χ0n) is 13.6. The molecule has 0 radical (unpaired) electrons. The zero-order chi connectivity index (χ0) is 16.4. The Morgan fingerprint density at radius 2 is 2.09 bits per heavy atom. The van der Waals surface area contributed by atoms with Crippen LogP contribution in [0.5, 0.6) is 11.5 Å². The summed E-state index contributed by atoms with van der Waals surface area (Å²) in [4.78, 5) is 18.9. The Bertz CT molecular complexity index is 675. The summed E-state index contributed by atoms with van der Waals surface area (Å²) in [6.07, 6.45) is 1.91. The number of piperidine rings is 1. The number of benzene rings is 1. The van der Waals surface area contributed by atoms with E-state index in [9.17, 15) is 4.79 Å². The highest BCUT2D eigenvalue weighted by molar-refractivity contribution is 7.22. The average Bonchev–Trinajstić information content (AvgIpc) is 3.05. The van der Waals surface area contributed by atoms with Crippen LogP contribution in [0, 0.1) is 5.92 Å². The van der Waals surface area contributed by atoms with Crippen LogP contribution in [0.2, 0.25) is 0 Å². The predicted octanol–water partition coefficient (Wildman–Crippen LogP) is 2.28. The smallest absolute Gasteiger partial charge is 0.224 e. The second-order valence-corrected chi connectivity index (χ2v) is 6.52. The molecule has 1 aromatic heterocycles. The Labute approximate surface area is 139 Å². The number of hydrogen-bond acceptors (Lipinski definition) is 6. The van der Waals surface area contributed by atoms with Crippen molar-refractivity contribution in [2.75, 3.05) is 39.3 Å². The summed E-state index contributed by atoms with van der Waals surface area (Å²) in [7, 11) is 4.99. The fourth-order valence-electron chi connectivity index (χ4n) is 2.98. The molecule has 0 aliphatic carbocycles. The molecule has 0 saturated carbocycles. The Hall–Kier alpha value is -2.02. The number of carbonyl (C=O) groups excluding carboxylic acids is 1. The Kier molecular flexibility index (Phi) is 4.56. The molecular formula is C16H21N3O3S. The Balaban J connectivity index is 1.95. The third-order valence-electron chi connectivity index (χ3n) is 4.21. The number of carbonyl (C=O) groups is 1. The molecule has 2 aromatic rings. The monoisotopic (exact) mass is 335 g/mol. The molecule has 1 saturated heterocycles. The molecular weight excluding hydrogens is 314 g/mol. The lowest BCUT2D eigenvalue weighted by Crippen LogP contribution is -2.42. The summed E-state index contributed by atoms with van der Waals surface area (Å²) in [5, 5.41) is 3.66. The minimum absolute atomic E-state index is 0.0181. The van der Waals surface area contributed by atoms with E-state index in [1.165, 1.54) is 0 Å². The van der Waals surface area contributed by atoms with Crippen LogP contribution in [0.3, 0.4) is 0 Å². The SMILES string of the molecule is CNC(=O)C1CCCN(c2nc3c(OC)ccc(OC)c3s2)C1. The van der Waals surface area contributed by atoms with E-state index >= 15 is 0 Å².